The molecule has 7 aromatic rings. The Hall–Kier alpha value is -4.51. The lowest BCUT2D eigenvalue weighted by Gasteiger charge is -2.06. The monoisotopic (exact) mass is 459 g/mol. The van der Waals surface area contributed by atoms with Crippen molar-refractivity contribution in [2.75, 3.05) is 0 Å². The molecule has 5 heteroatoms. The molecule has 0 amide bonds. The third-order valence-electron chi connectivity index (χ3n) is 6.83. The highest BCUT2D eigenvalue weighted by Crippen LogP contribution is 2.42. The molecular weight excluding hydrogens is 439 g/mol. The van der Waals surface area contributed by atoms with Crippen molar-refractivity contribution in [2.45, 2.75) is 6.92 Å². The van der Waals surface area contributed by atoms with Gasteiger partial charge in [0.2, 0.25) is 0 Å². The first-order chi connectivity index (χ1) is 17.1. The summed E-state index contributed by atoms with van der Waals surface area (Å²) in [5.74, 6) is -0.334. The Labute approximate surface area is 199 Å². The van der Waals surface area contributed by atoms with E-state index in [2.05, 4.69) is 18.0 Å². The van der Waals surface area contributed by atoms with Gasteiger partial charge < -0.3 is 8.83 Å². The van der Waals surface area contributed by atoms with Gasteiger partial charge in [-0.3, -0.25) is 0 Å². The zero-order valence-electron chi connectivity index (χ0n) is 19.2. The van der Waals surface area contributed by atoms with Crippen LogP contribution in [0.4, 0.5) is 4.39 Å². The van der Waals surface area contributed by atoms with E-state index in [0.29, 0.717) is 16.7 Å². The SMILES string of the molecule is Cc1ccc2c(oc3c(-c4ccc5c(c4)oc4ccccc45)c(F)ccc32)c1-c1ccnc[n+]1C. The van der Waals surface area contributed by atoms with Gasteiger partial charge in [0.15, 0.2) is 0 Å². The van der Waals surface area contributed by atoms with Gasteiger partial charge in [-0.25, -0.2) is 8.96 Å². The highest BCUT2D eigenvalue weighted by molar-refractivity contribution is 6.14. The topological polar surface area (TPSA) is 43.1 Å². The van der Waals surface area contributed by atoms with Crippen LogP contribution in [0.15, 0.2) is 94.2 Å². The van der Waals surface area contributed by atoms with Crippen LogP contribution in [0.1, 0.15) is 5.56 Å². The Morgan fingerprint density at radius 3 is 2.34 bits per heavy atom. The van der Waals surface area contributed by atoms with Gasteiger partial charge in [-0.2, -0.15) is 0 Å². The number of hydrogen-bond donors (Lipinski definition) is 0. The van der Waals surface area contributed by atoms with Gasteiger partial charge in [-0.1, -0.05) is 41.4 Å². The Balaban J connectivity index is 1.54. The molecule has 0 bridgehead atoms. The van der Waals surface area contributed by atoms with E-state index in [1.165, 1.54) is 6.07 Å². The maximum absolute atomic E-state index is 15.4. The molecule has 0 saturated carbocycles. The van der Waals surface area contributed by atoms with Crippen LogP contribution >= 0.6 is 0 Å². The lowest BCUT2D eigenvalue weighted by molar-refractivity contribution is -0.663. The summed E-state index contributed by atoms with van der Waals surface area (Å²) in [6.45, 7) is 2.05. The van der Waals surface area contributed by atoms with Crippen LogP contribution in [0.2, 0.25) is 0 Å². The van der Waals surface area contributed by atoms with Gasteiger partial charge >= 0.3 is 0 Å². The van der Waals surface area contributed by atoms with Crippen LogP contribution in [0, 0.1) is 12.7 Å². The van der Waals surface area contributed by atoms with E-state index in [-0.39, 0.29) is 5.82 Å². The van der Waals surface area contributed by atoms with Gasteiger partial charge in [0.25, 0.3) is 6.33 Å². The van der Waals surface area contributed by atoms with Crippen LogP contribution in [-0.2, 0) is 7.05 Å². The zero-order valence-corrected chi connectivity index (χ0v) is 19.2. The van der Waals surface area contributed by atoms with E-state index in [9.17, 15) is 0 Å². The molecular formula is C30H20FN2O2+. The minimum Gasteiger partial charge on any atom is -0.456 e. The lowest BCUT2D eigenvalue weighted by atomic mass is 9.98. The predicted molar refractivity (Wildman–Crippen MR) is 136 cm³/mol. The number of aryl methyl sites for hydroxylation is 2. The van der Waals surface area contributed by atoms with Crippen molar-refractivity contribution < 1.29 is 17.8 Å². The number of aromatic nitrogens is 2. The van der Waals surface area contributed by atoms with E-state index >= 15 is 4.39 Å². The summed E-state index contributed by atoms with van der Waals surface area (Å²) in [6, 6.07) is 23.1. The maximum Gasteiger partial charge on any atom is 0.286 e. The molecule has 0 aliphatic heterocycles. The largest absolute Gasteiger partial charge is 0.456 e. The fraction of sp³-hybridized carbons (Fsp3) is 0.0667. The number of para-hydroxylation sites is 1. The summed E-state index contributed by atoms with van der Waals surface area (Å²) in [5, 5.41) is 3.87. The second kappa shape index (κ2) is 7.24. The molecule has 4 nitrogen and oxygen atoms in total. The average molecular weight is 460 g/mol. The summed E-state index contributed by atoms with van der Waals surface area (Å²) in [4.78, 5) is 4.20. The predicted octanol–water partition coefficient (Wildman–Crippen LogP) is 7.49. The summed E-state index contributed by atoms with van der Waals surface area (Å²) >= 11 is 0. The van der Waals surface area contributed by atoms with Crippen molar-refractivity contribution >= 4 is 43.9 Å². The fourth-order valence-corrected chi connectivity index (χ4v) is 5.14. The van der Waals surface area contributed by atoms with Crippen molar-refractivity contribution in [3.05, 3.63) is 96.7 Å². The number of halogens is 1. The van der Waals surface area contributed by atoms with Gasteiger partial charge in [0.05, 0.1) is 18.2 Å². The molecule has 0 atom stereocenters. The molecule has 4 aromatic carbocycles. The van der Waals surface area contributed by atoms with Crippen molar-refractivity contribution in [3.8, 4) is 22.4 Å². The zero-order chi connectivity index (χ0) is 23.7. The normalized spacial score (nSPS) is 11.9. The maximum atomic E-state index is 15.4. The van der Waals surface area contributed by atoms with Crippen LogP contribution in [0.25, 0.3) is 66.3 Å². The van der Waals surface area contributed by atoms with Crippen LogP contribution < -0.4 is 4.57 Å². The molecule has 0 unspecified atom stereocenters. The first-order valence-electron chi connectivity index (χ1n) is 11.5. The van der Waals surface area contributed by atoms with E-state index < -0.39 is 0 Å². The second-order valence-electron chi connectivity index (χ2n) is 8.92. The number of rotatable bonds is 2. The van der Waals surface area contributed by atoms with E-state index in [1.54, 1.807) is 18.6 Å². The molecule has 0 saturated heterocycles. The molecule has 35 heavy (non-hydrogen) atoms. The Morgan fingerprint density at radius 1 is 0.743 bits per heavy atom. The molecule has 168 valence electrons. The van der Waals surface area contributed by atoms with Gasteiger partial charge in [-0.15, -0.1) is 0 Å². The van der Waals surface area contributed by atoms with Crippen molar-refractivity contribution in [3.63, 3.8) is 0 Å². The number of hydrogen-bond acceptors (Lipinski definition) is 3. The number of furan rings is 2. The van der Waals surface area contributed by atoms with Crippen LogP contribution in [-0.4, -0.2) is 4.98 Å². The van der Waals surface area contributed by atoms with E-state index in [4.69, 9.17) is 8.83 Å². The van der Waals surface area contributed by atoms with E-state index in [0.717, 1.165) is 55.1 Å². The third kappa shape index (κ3) is 2.85. The minimum absolute atomic E-state index is 0.334. The highest BCUT2D eigenvalue weighted by Gasteiger charge is 2.22. The average Bonchev–Trinajstić information content (AvgIpc) is 3.42. The summed E-state index contributed by atoms with van der Waals surface area (Å²) in [7, 11) is 1.96. The molecule has 0 aliphatic rings. The van der Waals surface area contributed by atoms with Crippen molar-refractivity contribution in [1.29, 1.82) is 0 Å². The summed E-state index contributed by atoms with van der Waals surface area (Å²) in [6.07, 6.45) is 3.54. The molecule has 0 aliphatic carbocycles. The van der Waals surface area contributed by atoms with Crippen LogP contribution in [0.3, 0.4) is 0 Å². The first-order valence-corrected chi connectivity index (χ1v) is 11.5. The molecule has 0 N–H and O–H groups in total. The fourth-order valence-electron chi connectivity index (χ4n) is 5.14. The smallest absolute Gasteiger partial charge is 0.286 e. The molecule has 3 heterocycles. The third-order valence-corrected chi connectivity index (χ3v) is 6.83. The van der Waals surface area contributed by atoms with Gasteiger partial charge in [0, 0.05) is 27.6 Å². The Morgan fingerprint density at radius 2 is 1.49 bits per heavy atom. The van der Waals surface area contributed by atoms with Crippen molar-refractivity contribution in [1.82, 2.24) is 4.98 Å². The highest BCUT2D eigenvalue weighted by atomic mass is 19.1. The molecule has 0 radical (unpaired) electrons. The van der Waals surface area contributed by atoms with Crippen molar-refractivity contribution in [2.24, 2.45) is 7.05 Å². The molecule has 7 rings (SSSR count). The number of fused-ring (bicyclic) bond motifs is 6. The molecule has 0 fully saturated rings. The first kappa shape index (κ1) is 19.9. The summed E-state index contributed by atoms with van der Waals surface area (Å²) in [5.41, 5.74) is 6.97. The van der Waals surface area contributed by atoms with E-state index in [1.807, 2.05) is 66.2 Å². The Kier molecular flexibility index (Phi) is 4.12. The minimum atomic E-state index is -0.334. The van der Waals surface area contributed by atoms with Crippen LogP contribution in [0.5, 0.6) is 0 Å². The Bertz CT molecular complexity index is 1950. The molecule has 3 aromatic heterocycles. The summed E-state index contributed by atoms with van der Waals surface area (Å²) < 4.78 is 29.9. The van der Waals surface area contributed by atoms with Gasteiger partial charge in [0.1, 0.15) is 40.0 Å². The van der Waals surface area contributed by atoms with Gasteiger partial charge in [-0.05, 0) is 48.4 Å². The second-order valence-corrected chi connectivity index (χ2v) is 8.92. The lowest BCUT2D eigenvalue weighted by Crippen LogP contribution is -2.31. The molecule has 0 spiro atoms. The number of nitrogens with zero attached hydrogens (tertiary/aromatic N) is 2. The quantitative estimate of drug-likeness (QED) is 0.252. The standard InChI is InChI=1S/C30H20FN2O2/c1-17-7-9-21-22-11-12-23(31)28(30(22)35-29(21)27(17)24-13-14-32-16-33(24)2)18-8-10-20-19-5-3-4-6-25(19)34-26(20)15-18/h3-16H,1-2H3/q+1. The number of benzene rings is 4.